The Labute approximate surface area is 234 Å². The highest BCUT2D eigenvalue weighted by molar-refractivity contribution is 5.82. The molecule has 3 heterocycles. The van der Waals surface area contributed by atoms with Crippen molar-refractivity contribution < 1.29 is 18.4 Å². The lowest BCUT2D eigenvalue weighted by atomic mass is 9.87. The van der Waals surface area contributed by atoms with Gasteiger partial charge in [-0.3, -0.25) is 4.79 Å². The quantitative estimate of drug-likeness (QED) is 0.526. The monoisotopic (exact) mass is 550 g/mol. The highest BCUT2D eigenvalue weighted by Crippen LogP contribution is 2.37. The molecule has 1 aromatic heterocycles. The van der Waals surface area contributed by atoms with Gasteiger partial charge in [-0.25, -0.2) is 13.6 Å². The number of halogens is 2. The summed E-state index contributed by atoms with van der Waals surface area (Å²) in [6.07, 6.45) is 3.11. The first-order chi connectivity index (χ1) is 19.4. The van der Waals surface area contributed by atoms with Gasteiger partial charge in [-0.15, -0.1) is 5.10 Å². The summed E-state index contributed by atoms with van der Waals surface area (Å²) in [5, 5.41) is 10.7. The van der Waals surface area contributed by atoms with E-state index >= 15 is 0 Å². The number of carbonyl (C=O) groups excluding carboxylic acids is 2. The first kappa shape index (κ1) is 28.9. The van der Waals surface area contributed by atoms with Crippen LogP contribution in [0.1, 0.15) is 31.2 Å². The Kier molecular flexibility index (Phi) is 9.99. The number of amides is 3. The van der Waals surface area contributed by atoms with Crippen molar-refractivity contribution in [1.82, 2.24) is 25.3 Å². The number of benzene rings is 2. The van der Waals surface area contributed by atoms with Crippen LogP contribution in [0.4, 0.5) is 19.4 Å². The summed E-state index contributed by atoms with van der Waals surface area (Å²) in [6.45, 7) is 4.12. The number of carbonyl (C=O) groups is 2. The predicted molar refractivity (Wildman–Crippen MR) is 150 cm³/mol. The van der Waals surface area contributed by atoms with Crippen molar-refractivity contribution in [2.45, 2.75) is 31.7 Å². The molecule has 0 bridgehead atoms. The van der Waals surface area contributed by atoms with Gasteiger partial charge in [-0.05, 0) is 43.5 Å². The maximum absolute atomic E-state index is 14.8. The Morgan fingerprint density at radius 2 is 1.68 bits per heavy atom. The summed E-state index contributed by atoms with van der Waals surface area (Å²) >= 11 is 0. The van der Waals surface area contributed by atoms with Crippen molar-refractivity contribution in [2.24, 2.45) is 5.92 Å². The van der Waals surface area contributed by atoms with Crippen LogP contribution in [0.15, 0.2) is 72.9 Å². The maximum atomic E-state index is 14.8. The van der Waals surface area contributed by atoms with E-state index in [0.29, 0.717) is 44.1 Å². The third kappa shape index (κ3) is 7.11. The van der Waals surface area contributed by atoms with Crippen LogP contribution >= 0.6 is 0 Å². The summed E-state index contributed by atoms with van der Waals surface area (Å²) in [6, 6.07) is 19.0. The van der Waals surface area contributed by atoms with E-state index in [1.54, 1.807) is 35.2 Å². The number of hydrogen-bond acceptors (Lipinski definition) is 5. The third-order valence-corrected chi connectivity index (χ3v) is 7.53. The fourth-order valence-corrected chi connectivity index (χ4v) is 5.40. The molecule has 0 radical (unpaired) electrons. The molecule has 5 rings (SSSR count). The van der Waals surface area contributed by atoms with Crippen molar-refractivity contribution in [1.29, 1.82) is 0 Å². The number of nitrogens with zero attached hydrogens (tertiary/aromatic N) is 5. The lowest BCUT2D eigenvalue weighted by Gasteiger charge is -2.36. The van der Waals surface area contributed by atoms with Gasteiger partial charge in [0.05, 0.1) is 5.92 Å². The summed E-state index contributed by atoms with van der Waals surface area (Å²) in [5.41, 5.74) is 0.318. The highest BCUT2D eigenvalue weighted by atomic mass is 19.1. The smallest absolute Gasteiger partial charge is 0.317 e. The van der Waals surface area contributed by atoms with Crippen LogP contribution in [0.2, 0.25) is 0 Å². The van der Waals surface area contributed by atoms with Gasteiger partial charge >= 0.3 is 6.03 Å². The second-order valence-electron chi connectivity index (χ2n) is 10.1. The molecule has 212 valence electrons. The van der Waals surface area contributed by atoms with Crippen LogP contribution in [0.5, 0.6) is 0 Å². The van der Waals surface area contributed by atoms with Gasteiger partial charge in [-0.2, -0.15) is 5.10 Å². The normalized spacial score (nSPS) is 21.1. The van der Waals surface area contributed by atoms with Crippen molar-refractivity contribution in [3.05, 3.63) is 90.1 Å². The zero-order chi connectivity index (χ0) is 28.5. The molecule has 2 saturated heterocycles. The van der Waals surface area contributed by atoms with E-state index in [1.807, 2.05) is 48.2 Å². The van der Waals surface area contributed by atoms with Crippen LogP contribution in [0.25, 0.3) is 0 Å². The minimum absolute atomic E-state index is 0.0805. The molecule has 3 aromatic rings. The second-order valence-corrected chi connectivity index (χ2v) is 10.1. The Balaban J connectivity index is 0.000000546. The van der Waals surface area contributed by atoms with Gasteiger partial charge in [-0.1, -0.05) is 42.5 Å². The molecule has 0 saturated carbocycles. The van der Waals surface area contributed by atoms with Gasteiger partial charge < -0.3 is 20.0 Å². The SMILES string of the molecule is CNC(=O)N1CCN(C(=O)C2CN(c3cccnn3)C[C@H]2c2ccc(F)cc2F)CCCC1C.c1ccccc1. The van der Waals surface area contributed by atoms with Gasteiger partial charge in [0.1, 0.15) is 11.6 Å². The first-order valence-electron chi connectivity index (χ1n) is 13.6. The van der Waals surface area contributed by atoms with E-state index in [0.717, 1.165) is 18.9 Å². The number of rotatable bonds is 3. The van der Waals surface area contributed by atoms with Crippen LogP contribution in [-0.4, -0.2) is 77.7 Å². The zero-order valence-corrected chi connectivity index (χ0v) is 22.9. The summed E-state index contributed by atoms with van der Waals surface area (Å²) < 4.78 is 28.4. The minimum atomic E-state index is -0.656. The molecule has 10 heteroatoms. The van der Waals surface area contributed by atoms with Crippen molar-refractivity contribution >= 4 is 17.8 Å². The van der Waals surface area contributed by atoms with Crippen LogP contribution < -0.4 is 10.2 Å². The van der Waals surface area contributed by atoms with Crippen LogP contribution in [0, 0.1) is 17.6 Å². The standard InChI is InChI=1S/C24H30F2N6O2.C6H6/c1-16-5-4-10-30(11-12-32(16)24(34)27-2)23(33)20-15-31(22-6-3-9-28-29-22)14-19(20)18-8-7-17(25)13-21(18)26;1-2-4-6-5-3-1/h3,6-9,13,16,19-20H,4-5,10-12,14-15H2,1-2H3,(H,27,34);1-6H/t16?,19-,20?;/m0./s1. The molecule has 3 amide bonds. The molecule has 2 fully saturated rings. The van der Waals surface area contributed by atoms with E-state index in [-0.39, 0.29) is 18.0 Å². The van der Waals surface area contributed by atoms with Crippen molar-refractivity contribution in [3.63, 3.8) is 0 Å². The highest BCUT2D eigenvalue weighted by Gasteiger charge is 2.42. The molecule has 0 spiro atoms. The second kappa shape index (κ2) is 13.8. The van der Waals surface area contributed by atoms with Gasteiger partial charge in [0, 0.05) is 64.0 Å². The molecular formula is C30H36F2N6O2. The van der Waals surface area contributed by atoms with E-state index in [2.05, 4.69) is 15.5 Å². The molecule has 2 unspecified atom stereocenters. The molecule has 2 aliphatic rings. The number of urea groups is 1. The Hall–Kier alpha value is -4.08. The summed E-state index contributed by atoms with van der Waals surface area (Å²) in [5.74, 6) is -1.79. The Bertz CT molecular complexity index is 1220. The zero-order valence-electron chi connectivity index (χ0n) is 22.9. The Morgan fingerprint density at radius 1 is 0.950 bits per heavy atom. The third-order valence-electron chi connectivity index (χ3n) is 7.53. The molecule has 2 aliphatic heterocycles. The average molecular weight is 551 g/mol. The first-order valence-corrected chi connectivity index (χ1v) is 13.6. The number of hydrogen-bond donors (Lipinski definition) is 1. The van der Waals surface area contributed by atoms with Crippen LogP contribution in [-0.2, 0) is 4.79 Å². The van der Waals surface area contributed by atoms with Gasteiger partial charge in [0.15, 0.2) is 5.82 Å². The average Bonchev–Trinajstić information content (AvgIpc) is 3.41. The Morgan fingerprint density at radius 3 is 2.30 bits per heavy atom. The van der Waals surface area contributed by atoms with Gasteiger partial charge in [0.25, 0.3) is 0 Å². The lowest BCUT2D eigenvalue weighted by Crippen LogP contribution is -2.51. The molecule has 3 atom stereocenters. The number of aromatic nitrogens is 2. The van der Waals surface area contributed by atoms with E-state index in [4.69, 9.17) is 0 Å². The van der Waals surface area contributed by atoms with Gasteiger partial charge in [0.2, 0.25) is 5.91 Å². The largest absolute Gasteiger partial charge is 0.354 e. The molecule has 2 aromatic carbocycles. The molecule has 40 heavy (non-hydrogen) atoms. The molecular weight excluding hydrogens is 514 g/mol. The van der Waals surface area contributed by atoms with E-state index < -0.39 is 23.5 Å². The fraction of sp³-hybridized carbons (Fsp3) is 0.400. The van der Waals surface area contributed by atoms with E-state index in [1.165, 1.54) is 12.1 Å². The fourth-order valence-electron chi connectivity index (χ4n) is 5.40. The predicted octanol–water partition coefficient (Wildman–Crippen LogP) is 4.31. The molecule has 1 N–H and O–H groups in total. The molecule has 8 nitrogen and oxygen atoms in total. The number of anilines is 1. The van der Waals surface area contributed by atoms with Crippen molar-refractivity contribution in [2.75, 3.05) is 44.7 Å². The summed E-state index contributed by atoms with van der Waals surface area (Å²) in [7, 11) is 1.60. The lowest BCUT2D eigenvalue weighted by molar-refractivity contribution is -0.136. The topological polar surface area (TPSA) is 81.7 Å². The maximum Gasteiger partial charge on any atom is 0.317 e. The van der Waals surface area contributed by atoms with Crippen LogP contribution in [0.3, 0.4) is 0 Å². The summed E-state index contributed by atoms with van der Waals surface area (Å²) in [4.78, 5) is 31.5. The number of nitrogens with one attached hydrogen (secondary N) is 1. The molecule has 0 aliphatic carbocycles. The minimum Gasteiger partial charge on any atom is -0.354 e. The van der Waals surface area contributed by atoms with E-state index in [9.17, 15) is 18.4 Å². The van der Waals surface area contributed by atoms with Crippen molar-refractivity contribution in [3.8, 4) is 0 Å².